The van der Waals surface area contributed by atoms with Gasteiger partial charge in [-0.1, -0.05) is 6.92 Å². The molecule has 1 nitrogen and oxygen atoms in total. The van der Waals surface area contributed by atoms with Gasteiger partial charge in [-0.15, -0.1) is 0 Å². The van der Waals surface area contributed by atoms with E-state index < -0.39 is 0 Å². The fraction of sp³-hybridized carbons (Fsp3) is 1.00. The molecule has 1 unspecified atom stereocenters. The van der Waals surface area contributed by atoms with Crippen LogP contribution in [0.1, 0.15) is 27.2 Å². The molecule has 2 heteroatoms. The van der Waals surface area contributed by atoms with Gasteiger partial charge in [0.05, 0.1) is 0 Å². The molecule has 10 heavy (non-hydrogen) atoms. The third-order valence-corrected chi connectivity index (χ3v) is 3.80. The van der Waals surface area contributed by atoms with E-state index in [2.05, 4.69) is 37.8 Å². The first-order chi connectivity index (χ1) is 4.64. The van der Waals surface area contributed by atoms with Crippen LogP contribution in [0.25, 0.3) is 0 Å². The molecular formula is C8H17NS. The molecule has 1 N–H and O–H groups in total. The van der Waals surface area contributed by atoms with Crippen molar-refractivity contribution in [3.05, 3.63) is 0 Å². The molecule has 0 amide bonds. The maximum Gasteiger partial charge on any atom is 0.0216 e. The Kier molecular flexibility index (Phi) is 2.64. The molecule has 1 aliphatic heterocycles. The number of thioether (sulfide) groups is 1. The van der Waals surface area contributed by atoms with Gasteiger partial charge in [-0.3, -0.25) is 0 Å². The fourth-order valence-electron chi connectivity index (χ4n) is 1.09. The summed E-state index contributed by atoms with van der Waals surface area (Å²) in [5.74, 6) is 1.26. The molecule has 60 valence electrons. The van der Waals surface area contributed by atoms with E-state index in [0.29, 0.717) is 5.54 Å². The van der Waals surface area contributed by atoms with Gasteiger partial charge in [0.1, 0.15) is 0 Å². The topological polar surface area (TPSA) is 12.0 Å². The second-order valence-electron chi connectivity index (χ2n) is 3.61. The largest absolute Gasteiger partial charge is 0.310 e. The van der Waals surface area contributed by atoms with Crippen LogP contribution in [0.15, 0.2) is 0 Å². The standard InChI is InChI=1S/C8H17NS/c1-4-7-5-9-8(2,3)6-10-7/h7,9H,4-6H2,1-3H3. The number of hydrogen-bond acceptors (Lipinski definition) is 2. The van der Waals surface area contributed by atoms with Gasteiger partial charge in [-0.25, -0.2) is 0 Å². The molecule has 0 saturated carbocycles. The summed E-state index contributed by atoms with van der Waals surface area (Å²) in [5, 5.41) is 4.39. The van der Waals surface area contributed by atoms with Crippen LogP contribution >= 0.6 is 11.8 Å². The Morgan fingerprint density at radius 1 is 1.60 bits per heavy atom. The third kappa shape index (κ3) is 2.17. The van der Waals surface area contributed by atoms with Crippen LogP contribution < -0.4 is 5.32 Å². The Balaban J connectivity index is 2.31. The van der Waals surface area contributed by atoms with E-state index in [-0.39, 0.29) is 0 Å². The molecule has 0 bridgehead atoms. The van der Waals surface area contributed by atoms with Gasteiger partial charge >= 0.3 is 0 Å². The van der Waals surface area contributed by atoms with Crippen molar-refractivity contribution in [3.8, 4) is 0 Å². The Morgan fingerprint density at radius 3 is 2.70 bits per heavy atom. The third-order valence-electron chi connectivity index (χ3n) is 1.94. The van der Waals surface area contributed by atoms with Crippen molar-refractivity contribution in [2.75, 3.05) is 12.3 Å². The monoisotopic (exact) mass is 159 g/mol. The molecule has 0 radical (unpaired) electrons. The number of nitrogens with one attached hydrogen (secondary N) is 1. The van der Waals surface area contributed by atoms with E-state index in [0.717, 1.165) is 5.25 Å². The van der Waals surface area contributed by atoms with Crippen LogP contribution in [0.2, 0.25) is 0 Å². The van der Waals surface area contributed by atoms with Crippen LogP contribution in [0.5, 0.6) is 0 Å². The molecule has 0 aromatic heterocycles. The van der Waals surface area contributed by atoms with E-state index >= 15 is 0 Å². The lowest BCUT2D eigenvalue weighted by atomic mass is 10.1. The van der Waals surface area contributed by atoms with Crippen LogP contribution in [0, 0.1) is 0 Å². The van der Waals surface area contributed by atoms with Crippen molar-refractivity contribution >= 4 is 11.8 Å². The van der Waals surface area contributed by atoms with Crippen molar-refractivity contribution in [1.29, 1.82) is 0 Å². The highest BCUT2D eigenvalue weighted by Crippen LogP contribution is 2.24. The fourth-order valence-corrected chi connectivity index (χ4v) is 2.28. The first-order valence-electron chi connectivity index (χ1n) is 4.01. The summed E-state index contributed by atoms with van der Waals surface area (Å²) in [6.45, 7) is 7.99. The van der Waals surface area contributed by atoms with E-state index in [4.69, 9.17) is 0 Å². The van der Waals surface area contributed by atoms with E-state index in [1.807, 2.05) is 0 Å². The van der Waals surface area contributed by atoms with E-state index in [9.17, 15) is 0 Å². The van der Waals surface area contributed by atoms with Crippen LogP contribution in [0.4, 0.5) is 0 Å². The number of rotatable bonds is 1. The van der Waals surface area contributed by atoms with Crippen LogP contribution in [-0.4, -0.2) is 23.1 Å². The van der Waals surface area contributed by atoms with Gasteiger partial charge in [-0.05, 0) is 20.3 Å². The maximum absolute atomic E-state index is 3.54. The highest BCUT2D eigenvalue weighted by Gasteiger charge is 2.25. The van der Waals surface area contributed by atoms with Crippen molar-refractivity contribution < 1.29 is 0 Å². The minimum atomic E-state index is 0.371. The van der Waals surface area contributed by atoms with Gasteiger partial charge in [-0.2, -0.15) is 11.8 Å². The lowest BCUT2D eigenvalue weighted by molar-refractivity contribution is 0.417. The van der Waals surface area contributed by atoms with E-state index in [1.54, 1.807) is 0 Å². The van der Waals surface area contributed by atoms with Gasteiger partial charge in [0, 0.05) is 23.1 Å². The lowest BCUT2D eigenvalue weighted by Crippen LogP contribution is -2.49. The van der Waals surface area contributed by atoms with Crippen molar-refractivity contribution in [3.63, 3.8) is 0 Å². The zero-order valence-corrected chi connectivity index (χ0v) is 7.92. The van der Waals surface area contributed by atoms with Crippen molar-refractivity contribution in [2.45, 2.75) is 38.0 Å². The molecule has 0 aliphatic carbocycles. The Hall–Kier alpha value is 0.310. The summed E-state index contributed by atoms with van der Waals surface area (Å²) in [6.07, 6.45) is 1.30. The predicted octanol–water partition coefficient (Wildman–Crippen LogP) is 1.88. The molecule has 1 rings (SSSR count). The normalized spacial score (nSPS) is 32.1. The summed E-state index contributed by atoms with van der Waals surface area (Å²) in [6, 6.07) is 0. The second kappa shape index (κ2) is 3.14. The molecule has 1 atom stereocenters. The molecule has 1 aliphatic rings. The second-order valence-corrected chi connectivity index (χ2v) is 4.89. The van der Waals surface area contributed by atoms with Crippen molar-refractivity contribution in [2.24, 2.45) is 0 Å². The van der Waals surface area contributed by atoms with Crippen LogP contribution in [-0.2, 0) is 0 Å². The van der Waals surface area contributed by atoms with Crippen molar-refractivity contribution in [1.82, 2.24) is 5.32 Å². The van der Waals surface area contributed by atoms with Gasteiger partial charge in [0.15, 0.2) is 0 Å². The Morgan fingerprint density at radius 2 is 2.30 bits per heavy atom. The summed E-state index contributed by atoms with van der Waals surface area (Å²) in [5.41, 5.74) is 0.371. The zero-order valence-electron chi connectivity index (χ0n) is 7.11. The van der Waals surface area contributed by atoms with Gasteiger partial charge in [0.2, 0.25) is 0 Å². The summed E-state index contributed by atoms with van der Waals surface area (Å²) in [4.78, 5) is 0. The maximum atomic E-state index is 3.54. The minimum Gasteiger partial charge on any atom is -0.310 e. The summed E-state index contributed by atoms with van der Waals surface area (Å²) < 4.78 is 0. The molecule has 0 spiro atoms. The Bertz CT molecular complexity index is 102. The lowest BCUT2D eigenvalue weighted by Gasteiger charge is -2.34. The van der Waals surface area contributed by atoms with E-state index in [1.165, 1.54) is 18.7 Å². The molecule has 1 saturated heterocycles. The molecule has 0 aromatic carbocycles. The first kappa shape index (κ1) is 8.41. The highest BCUT2D eigenvalue weighted by atomic mass is 32.2. The Labute approximate surface area is 68.0 Å². The summed E-state index contributed by atoms with van der Waals surface area (Å²) in [7, 11) is 0. The smallest absolute Gasteiger partial charge is 0.0216 e. The highest BCUT2D eigenvalue weighted by molar-refractivity contribution is 8.00. The SMILES string of the molecule is CCC1CNC(C)(C)CS1. The molecule has 0 aromatic rings. The quantitative estimate of drug-likeness (QED) is 0.627. The van der Waals surface area contributed by atoms with Gasteiger partial charge in [0.25, 0.3) is 0 Å². The zero-order chi connectivity index (χ0) is 7.61. The summed E-state index contributed by atoms with van der Waals surface area (Å²) >= 11 is 2.11. The molecule has 1 heterocycles. The molecular weight excluding hydrogens is 142 g/mol. The average Bonchev–Trinajstić information content (AvgIpc) is 1.88. The first-order valence-corrected chi connectivity index (χ1v) is 5.05. The van der Waals surface area contributed by atoms with Crippen LogP contribution in [0.3, 0.4) is 0 Å². The predicted molar refractivity (Wildman–Crippen MR) is 48.6 cm³/mol. The number of hydrogen-bond donors (Lipinski definition) is 1. The minimum absolute atomic E-state index is 0.371. The van der Waals surface area contributed by atoms with Gasteiger partial charge < -0.3 is 5.32 Å². The molecule has 1 fully saturated rings. The average molecular weight is 159 g/mol.